The topological polar surface area (TPSA) is 58.8 Å². The van der Waals surface area contributed by atoms with Crippen LogP contribution in [0.1, 0.15) is 30.7 Å². The molecule has 2 N–H and O–H groups in total. The average molecular weight is 392 g/mol. The zero-order valence-corrected chi connectivity index (χ0v) is 16.9. The number of hydrogen-bond acceptors (Lipinski definition) is 3. The van der Waals surface area contributed by atoms with Crippen molar-refractivity contribution in [1.29, 1.82) is 0 Å². The summed E-state index contributed by atoms with van der Waals surface area (Å²) in [4.78, 5) is 4.85. The summed E-state index contributed by atoms with van der Waals surface area (Å²) in [5.74, 6) is 2.32. The molecular weight excluding hydrogens is 362 g/mol. The van der Waals surface area contributed by atoms with Crippen molar-refractivity contribution in [2.45, 2.75) is 25.8 Å². The van der Waals surface area contributed by atoms with Crippen LogP contribution in [0.25, 0.3) is 10.8 Å². The number of hydrogen-bond donors (Lipinski definition) is 2. The Bertz CT molecular complexity index is 925. The first-order chi connectivity index (χ1) is 14.3. The molecule has 1 aliphatic rings. The van der Waals surface area contributed by atoms with E-state index in [9.17, 15) is 0 Å². The van der Waals surface area contributed by atoms with Gasteiger partial charge in [0.05, 0.1) is 18.9 Å². The molecule has 1 aromatic heterocycles. The van der Waals surface area contributed by atoms with E-state index in [0.717, 1.165) is 50.9 Å². The maximum atomic E-state index is 5.50. The lowest BCUT2D eigenvalue weighted by atomic mass is 10.00. The Hall–Kier alpha value is -2.79. The normalized spacial score (nSPS) is 18.1. The van der Waals surface area contributed by atoms with Crippen LogP contribution in [0.5, 0.6) is 0 Å². The molecule has 0 aliphatic carbocycles. The largest absolute Gasteiger partial charge is 0.469 e. The van der Waals surface area contributed by atoms with Gasteiger partial charge in [0.25, 0.3) is 0 Å². The lowest BCUT2D eigenvalue weighted by Gasteiger charge is -2.20. The van der Waals surface area contributed by atoms with Crippen molar-refractivity contribution < 1.29 is 9.15 Å². The molecule has 0 amide bonds. The van der Waals surface area contributed by atoms with Crippen molar-refractivity contribution in [3.05, 3.63) is 72.2 Å². The Labute approximate surface area is 172 Å². The monoisotopic (exact) mass is 391 g/mol. The predicted molar refractivity (Wildman–Crippen MR) is 117 cm³/mol. The first-order valence-corrected chi connectivity index (χ1v) is 10.4. The zero-order valence-electron chi connectivity index (χ0n) is 16.9. The van der Waals surface area contributed by atoms with Crippen molar-refractivity contribution in [3.63, 3.8) is 0 Å². The highest BCUT2D eigenvalue weighted by Crippen LogP contribution is 2.24. The maximum absolute atomic E-state index is 5.50. The fraction of sp³-hybridized carbons (Fsp3) is 0.375. The standard InChI is InChI=1S/C24H29N3O2/c1-18(22-10-4-7-20-6-2-3-9-23(20)22)27-24(26-16-19-12-15-28-17-19)25-13-11-21-8-5-14-29-21/h2-10,14,18-19H,11-13,15-17H2,1H3,(H2,25,26,27). The third-order valence-corrected chi connectivity index (χ3v) is 5.42. The van der Waals surface area contributed by atoms with Crippen LogP contribution in [-0.4, -0.2) is 32.3 Å². The smallest absolute Gasteiger partial charge is 0.191 e. The highest BCUT2D eigenvalue weighted by molar-refractivity contribution is 5.87. The van der Waals surface area contributed by atoms with E-state index < -0.39 is 0 Å². The molecular formula is C24H29N3O2. The quantitative estimate of drug-likeness (QED) is 0.465. The van der Waals surface area contributed by atoms with E-state index in [1.807, 2.05) is 12.1 Å². The highest BCUT2D eigenvalue weighted by atomic mass is 16.5. The van der Waals surface area contributed by atoms with E-state index in [1.165, 1.54) is 16.3 Å². The Morgan fingerprint density at radius 2 is 2.03 bits per heavy atom. The van der Waals surface area contributed by atoms with E-state index in [2.05, 4.69) is 60.0 Å². The number of fused-ring (bicyclic) bond motifs is 1. The van der Waals surface area contributed by atoms with Gasteiger partial charge in [-0.15, -0.1) is 0 Å². The van der Waals surface area contributed by atoms with Crippen LogP contribution in [0.4, 0.5) is 0 Å². The molecule has 1 saturated heterocycles. The molecule has 0 saturated carbocycles. The van der Waals surface area contributed by atoms with E-state index in [-0.39, 0.29) is 6.04 Å². The summed E-state index contributed by atoms with van der Waals surface area (Å²) in [7, 11) is 0. The molecule has 5 nitrogen and oxygen atoms in total. The van der Waals surface area contributed by atoms with Gasteiger partial charge in [0, 0.05) is 32.0 Å². The molecule has 5 heteroatoms. The maximum Gasteiger partial charge on any atom is 0.191 e. The van der Waals surface area contributed by atoms with Crippen LogP contribution < -0.4 is 10.6 Å². The molecule has 4 rings (SSSR count). The first kappa shape index (κ1) is 19.5. The molecule has 29 heavy (non-hydrogen) atoms. The van der Waals surface area contributed by atoms with E-state index in [4.69, 9.17) is 14.1 Å². The van der Waals surface area contributed by atoms with Crippen LogP contribution in [-0.2, 0) is 11.2 Å². The predicted octanol–water partition coefficient (Wildman–Crippen LogP) is 4.31. The summed E-state index contributed by atoms with van der Waals surface area (Å²) < 4.78 is 10.9. The van der Waals surface area contributed by atoms with Crippen molar-refractivity contribution in [2.24, 2.45) is 10.9 Å². The van der Waals surface area contributed by atoms with Gasteiger partial charge in [-0.2, -0.15) is 0 Å². The highest BCUT2D eigenvalue weighted by Gasteiger charge is 2.16. The molecule has 152 valence electrons. The summed E-state index contributed by atoms with van der Waals surface area (Å²) in [6, 6.07) is 19.0. The summed E-state index contributed by atoms with van der Waals surface area (Å²) in [5, 5.41) is 9.59. The number of ether oxygens (including phenoxy) is 1. The molecule has 0 spiro atoms. The van der Waals surface area contributed by atoms with Crippen molar-refractivity contribution >= 4 is 16.7 Å². The summed E-state index contributed by atoms with van der Waals surface area (Å²) in [6.07, 6.45) is 3.62. The number of guanidine groups is 1. The molecule has 0 bridgehead atoms. The second-order valence-electron chi connectivity index (χ2n) is 7.61. The summed E-state index contributed by atoms with van der Waals surface area (Å²) >= 11 is 0. The number of benzene rings is 2. The third-order valence-electron chi connectivity index (χ3n) is 5.42. The van der Waals surface area contributed by atoms with Gasteiger partial charge in [0.15, 0.2) is 5.96 Å². The second-order valence-corrected chi connectivity index (χ2v) is 7.61. The molecule has 2 atom stereocenters. The minimum absolute atomic E-state index is 0.135. The van der Waals surface area contributed by atoms with Crippen molar-refractivity contribution in [2.75, 3.05) is 26.3 Å². The number of rotatable bonds is 7. The van der Waals surface area contributed by atoms with Crippen molar-refractivity contribution in [1.82, 2.24) is 10.6 Å². The lowest BCUT2D eigenvalue weighted by Crippen LogP contribution is -2.40. The van der Waals surface area contributed by atoms with E-state index in [0.29, 0.717) is 5.92 Å². The number of nitrogens with zero attached hydrogens (tertiary/aromatic N) is 1. The van der Waals surface area contributed by atoms with Gasteiger partial charge in [-0.25, -0.2) is 0 Å². The number of aliphatic imine (C=N–C) groups is 1. The van der Waals surface area contributed by atoms with Gasteiger partial charge in [-0.1, -0.05) is 42.5 Å². The van der Waals surface area contributed by atoms with E-state index >= 15 is 0 Å². The van der Waals surface area contributed by atoms with Crippen LogP contribution >= 0.6 is 0 Å². The molecule has 1 fully saturated rings. The lowest BCUT2D eigenvalue weighted by molar-refractivity contribution is 0.187. The van der Waals surface area contributed by atoms with Crippen LogP contribution in [0, 0.1) is 5.92 Å². The summed E-state index contributed by atoms with van der Waals surface area (Å²) in [6.45, 7) is 5.38. The molecule has 2 unspecified atom stereocenters. The molecule has 2 aromatic carbocycles. The minimum atomic E-state index is 0.135. The van der Waals surface area contributed by atoms with Crippen molar-refractivity contribution in [3.8, 4) is 0 Å². The SMILES string of the molecule is CC(NC(=NCC1CCOC1)NCCc1ccco1)c1cccc2ccccc12. The van der Waals surface area contributed by atoms with Gasteiger partial charge >= 0.3 is 0 Å². The fourth-order valence-corrected chi connectivity index (χ4v) is 3.77. The number of furan rings is 1. The molecule has 0 radical (unpaired) electrons. The van der Waals surface area contributed by atoms with Gasteiger partial charge in [-0.3, -0.25) is 4.99 Å². The van der Waals surface area contributed by atoms with Crippen LogP contribution in [0.3, 0.4) is 0 Å². The minimum Gasteiger partial charge on any atom is -0.469 e. The third kappa shape index (κ3) is 5.18. The van der Waals surface area contributed by atoms with Crippen LogP contribution in [0.2, 0.25) is 0 Å². The average Bonchev–Trinajstić information content (AvgIpc) is 3.45. The zero-order chi connectivity index (χ0) is 19.9. The fourth-order valence-electron chi connectivity index (χ4n) is 3.77. The van der Waals surface area contributed by atoms with Gasteiger partial charge in [0.2, 0.25) is 0 Å². The molecule has 1 aliphatic heterocycles. The number of nitrogens with one attached hydrogen (secondary N) is 2. The Morgan fingerprint density at radius 3 is 2.86 bits per heavy atom. The van der Waals surface area contributed by atoms with Gasteiger partial charge in [0.1, 0.15) is 5.76 Å². The van der Waals surface area contributed by atoms with E-state index in [1.54, 1.807) is 6.26 Å². The Balaban J connectivity index is 1.45. The molecule has 3 aromatic rings. The van der Waals surface area contributed by atoms with Gasteiger partial charge < -0.3 is 19.8 Å². The second kappa shape index (κ2) is 9.61. The molecule has 2 heterocycles. The Kier molecular flexibility index (Phi) is 6.47. The first-order valence-electron chi connectivity index (χ1n) is 10.4. The van der Waals surface area contributed by atoms with Crippen LogP contribution in [0.15, 0.2) is 70.3 Å². The Morgan fingerprint density at radius 1 is 1.14 bits per heavy atom. The van der Waals surface area contributed by atoms with Gasteiger partial charge in [-0.05, 0) is 41.8 Å². The summed E-state index contributed by atoms with van der Waals surface area (Å²) in [5.41, 5.74) is 1.27.